The molecule has 2 nitrogen and oxygen atoms in total. The molecule has 0 fully saturated rings. The largest absolute Gasteiger partial charge is 0.486 e. The monoisotopic (exact) mass is 297 g/mol. The number of hydrogen-bond acceptors (Lipinski definition) is 3. The van der Waals surface area contributed by atoms with E-state index in [1.54, 1.807) is 11.3 Å². The van der Waals surface area contributed by atoms with Gasteiger partial charge in [0.15, 0.2) is 0 Å². The SMILES string of the molecule is CNCC[C@H](Oc1ccc2sccc2c1)c1ccccc1. The van der Waals surface area contributed by atoms with E-state index in [2.05, 4.69) is 59.2 Å². The van der Waals surface area contributed by atoms with Crippen LogP contribution in [-0.4, -0.2) is 13.6 Å². The van der Waals surface area contributed by atoms with E-state index in [0.29, 0.717) is 0 Å². The van der Waals surface area contributed by atoms with Crippen LogP contribution < -0.4 is 10.1 Å². The zero-order valence-corrected chi connectivity index (χ0v) is 12.9. The highest BCUT2D eigenvalue weighted by Crippen LogP contribution is 2.29. The van der Waals surface area contributed by atoms with Gasteiger partial charge in [-0.3, -0.25) is 0 Å². The first-order valence-corrected chi connectivity index (χ1v) is 8.08. The third-order valence-corrected chi connectivity index (χ3v) is 4.43. The summed E-state index contributed by atoms with van der Waals surface area (Å²) in [6, 6.07) is 18.9. The molecule has 0 aliphatic carbocycles. The summed E-state index contributed by atoms with van der Waals surface area (Å²) in [5.74, 6) is 0.936. The Bertz CT molecular complexity index is 693. The minimum Gasteiger partial charge on any atom is -0.486 e. The lowest BCUT2D eigenvalue weighted by Crippen LogP contribution is -2.16. The maximum atomic E-state index is 6.24. The van der Waals surface area contributed by atoms with E-state index < -0.39 is 0 Å². The number of rotatable bonds is 6. The molecule has 1 N–H and O–H groups in total. The first kappa shape index (κ1) is 14.1. The van der Waals surface area contributed by atoms with Crippen LogP contribution in [0.25, 0.3) is 10.1 Å². The van der Waals surface area contributed by atoms with Crippen LogP contribution in [0.5, 0.6) is 5.75 Å². The lowest BCUT2D eigenvalue weighted by Gasteiger charge is -2.19. The number of nitrogens with one attached hydrogen (secondary N) is 1. The first-order chi connectivity index (χ1) is 10.4. The Hall–Kier alpha value is -1.84. The molecule has 0 spiro atoms. The van der Waals surface area contributed by atoms with Crippen LogP contribution in [0.1, 0.15) is 18.1 Å². The summed E-state index contributed by atoms with van der Waals surface area (Å²) < 4.78 is 7.54. The van der Waals surface area contributed by atoms with Gasteiger partial charge in [-0.1, -0.05) is 30.3 Å². The number of benzene rings is 2. The Morgan fingerprint density at radius 1 is 1.10 bits per heavy atom. The number of ether oxygens (including phenoxy) is 1. The van der Waals surface area contributed by atoms with Crippen molar-refractivity contribution in [1.29, 1.82) is 0 Å². The number of thiophene rings is 1. The molecule has 3 rings (SSSR count). The molecule has 0 aliphatic rings. The minimum absolute atomic E-state index is 0.0785. The highest BCUT2D eigenvalue weighted by atomic mass is 32.1. The van der Waals surface area contributed by atoms with Gasteiger partial charge in [-0.25, -0.2) is 0 Å². The summed E-state index contributed by atoms with van der Waals surface area (Å²) in [5, 5.41) is 6.56. The van der Waals surface area contributed by atoms with E-state index in [1.165, 1.54) is 15.6 Å². The summed E-state index contributed by atoms with van der Waals surface area (Å²) in [6.45, 7) is 0.931. The first-order valence-electron chi connectivity index (χ1n) is 7.20. The van der Waals surface area contributed by atoms with E-state index in [4.69, 9.17) is 4.74 Å². The molecule has 0 aliphatic heterocycles. The van der Waals surface area contributed by atoms with Gasteiger partial charge in [0.1, 0.15) is 11.9 Å². The van der Waals surface area contributed by atoms with Gasteiger partial charge in [0.05, 0.1) is 0 Å². The molecule has 0 saturated carbocycles. The van der Waals surface area contributed by atoms with Crippen molar-refractivity contribution < 1.29 is 4.74 Å². The van der Waals surface area contributed by atoms with Crippen molar-refractivity contribution in [3.8, 4) is 5.75 Å². The maximum Gasteiger partial charge on any atom is 0.125 e. The van der Waals surface area contributed by atoms with Crippen molar-refractivity contribution in [2.24, 2.45) is 0 Å². The van der Waals surface area contributed by atoms with E-state index in [0.717, 1.165) is 18.7 Å². The summed E-state index contributed by atoms with van der Waals surface area (Å²) in [5.41, 5.74) is 1.22. The van der Waals surface area contributed by atoms with E-state index in [9.17, 15) is 0 Å². The molecule has 0 unspecified atom stereocenters. The van der Waals surface area contributed by atoms with Crippen LogP contribution in [-0.2, 0) is 0 Å². The van der Waals surface area contributed by atoms with Crippen LogP contribution in [0.3, 0.4) is 0 Å². The maximum absolute atomic E-state index is 6.24. The molecule has 108 valence electrons. The standard InChI is InChI=1S/C18H19NOS/c1-19-11-9-17(14-5-3-2-4-6-14)20-16-7-8-18-15(13-16)10-12-21-18/h2-8,10,12-13,17,19H,9,11H2,1H3/t17-/m0/s1. The Morgan fingerprint density at radius 3 is 2.76 bits per heavy atom. The summed E-state index contributed by atoms with van der Waals surface area (Å²) in [4.78, 5) is 0. The molecule has 1 aromatic heterocycles. The van der Waals surface area contributed by atoms with Crippen molar-refractivity contribution in [3.05, 3.63) is 65.5 Å². The van der Waals surface area contributed by atoms with Crippen LogP contribution in [0, 0.1) is 0 Å². The van der Waals surface area contributed by atoms with Gasteiger partial charge < -0.3 is 10.1 Å². The van der Waals surface area contributed by atoms with Gasteiger partial charge in [-0.15, -0.1) is 11.3 Å². The van der Waals surface area contributed by atoms with Crippen molar-refractivity contribution in [2.45, 2.75) is 12.5 Å². The summed E-state index contributed by atoms with van der Waals surface area (Å²) >= 11 is 1.76. The second-order valence-electron chi connectivity index (χ2n) is 5.03. The molecule has 0 amide bonds. The Balaban J connectivity index is 1.82. The molecule has 0 radical (unpaired) electrons. The van der Waals surface area contributed by atoms with Crippen molar-refractivity contribution in [1.82, 2.24) is 5.32 Å². The molecule has 1 atom stereocenters. The molecule has 0 saturated heterocycles. The van der Waals surface area contributed by atoms with Gasteiger partial charge in [-0.05, 0) is 54.2 Å². The van der Waals surface area contributed by atoms with E-state index in [1.807, 2.05) is 13.1 Å². The van der Waals surface area contributed by atoms with Crippen molar-refractivity contribution in [3.63, 3.8) is 0 Å². The summed E-state index contributed by atoms with van der Waals surface area (Å²) in [7, 11) is 1.97. The highest BCUT2D eigenvalue weighted by Gasteiger charge is 2.13. The quantitative estimate of drug-likeness (QED) is 0.716. The molecule has 3 aromatic rings. The smallest absolute Gasteiger partial charge is 0.125 e. The zero-order valence-electron chi connectivity index (χ0n) is 12.1. The Labute approximate surface area is 129 Å². The lowest BCUT2D eigenvalue weighted by molar-refractivity contribution is 0.195. The average molecular weight is 297 g/mol. The van der Waals surface area contributed by atoms with Crippen LogP contribution >= 0.6 is 11.3 Å². The second kappa shape index (κ2) is 6.74. The number of hydrogen-bond donors (Lipinski definition) is 1. The van der Waals surface area contributed by atoms with Gasteiger partial charge in [0.2, 0.25) is 0 Å². The average Bonchev–Trinajstić information content (AvgIpc) is 3.00. The van der Waals surface area contributed by atoms with Crippen molar-refractivity contribution in [2.75, 3.05) is 13.6 Å². The third kappa shape index (κ3) is 3.43. The topological polar surface area (TPSA) is 21.3 Å². The lowest BCUT2D eigenvalue weighted by atomic mass is 10.1. The predicted octanol–water partition coefficient (Wildman–Crippen LogP) is 4.63. The van der Waals surface area contributed by atoms with Crippen LogP contribution in [0.4, 0.5) is 0 Å². The fourth-order valence-corrected chi connectivity index (χ4v) is 3.19. The molecule has 2 aromatic carbocycles. The molecule has 21 heavy (non-hydrogen) atoms. The molecule has 1 heterocycles. The fraction of sp³-hybridized carbons (Fsp3) is 0.222. The van der Waals surface area contributed by atoms with E-state index >= 15 is 0 Å². The number of fused-ring (bicyclic) bond motifs is 1. The van der Waals surface area contributed by atoms with Crippen molar-refractivity contribution >= 4 is 21.4 Å². The van der Waals surface area contributed by atoms with Gasteiger partial charge in [-0.2, -0.15) is 0 Å². The predicted molar refractivity (Wildman–Crippen MR) is 90.2 cm³/mol. The minimum atomic E-state index is 0.0785. The molecule has 3 heteroatoms. The van der Waals surface area contributed by atoms with Gasteiger partial charge >= 0.3 is 0 Å². The fourth-order valence-electron chi connectivity index (χ4n) is 2.42. The van der Waals surface area contributed by atoms with Gasteiger partial charge in [0.25, 0.3) is 0 Å². The van der Waals surface area contributed by atoms with E-state index in [-0.39, 0.29) is 6.10 Å². The van der Waals surface area contributed by atoms with Crippen LogP contribution in [0.15, 0.2) is 60.0 Å². The highest BCUT2D eigenvalue weighted by molar-refractivity contribution is 7.17. The molecular weight excluding hydrogens is 278 g/mol. The molecular formula is C18H19NOS. The zero-order chi connectivity index (χ0) is 14.5. The van der Waals surface area contributed by atoms with Crippen LogP contribution in [0.2, 0.25) is 0 Å². The normalized spacial score (nSPS) is 12.4. The Morgan fingerprint density at radius 2 is 1.95 bits per heavy atom. The Kier molecular flexibility index (Phi) is 4.53. The third-order valence-electron chi connectivity index (χ3n) is 3.53. The summed E-state index contributed by atoms with van der Waals surface area (Å²) in [6.07, 6.45) is 1.03. The van der Waals surface area contributed by atoms with Gasteiger partial charge in [0, 0.05) is 11.1 Å². The molecule has 0 bridgehead atoms. The second-order valence-corrected chi connectivity index (χ2v) is 5.98.